The summed E-state index contributed by atoms with van der Waals surface area (Å²) >= 11 is 0. The smallest absolute Gasteiger partial charge is 0.326 e. The van der Waals surface area contributed by atoms with Crippen LogP contribution >= 0.6 is 0 Å². The molecule has 92 valence electrons. The number of halogens is 1. The van der Waals surface area contributed by atoms with Crippen LogP contribution in [0.3, 0.4) is 0 Å². The van der Waals surface area contributed by atoms with Crippen molar-refractivity contribution in [2.24, 2.45) is 0 Å². The van der Waals surface area contributed by atoms with Crippen molar-refractivity contribution in [3.05, 3.63) is 24.0 Å². The number of carboxylic acid groups (broad SMARTS) is 1. The Kier molecular flexibility index (Phi) is 3.17. The standard InChI is InChI=1S/C12H14FNO3/c1-17-8-4-5-10(9(13)7-8)14-6-2-3-11(14)12(15)16/h4-5,7,11H,2-3,6H2,1H3,(H,15,16). The summed E-state index contributed by atoms with van der Waals surface area (Å²) in [6.07, 6.45) is 1.32. The molecule has 0 bridgehead atoms. The molecule has 0 amide bonds. The van der Waals surface area contributed by atoms with Crippen molar-refractivity contribution in [2.45, 2.75) is 18.9 Å². The second-order valence-corrected chi connectivity index (χ2v) is 4.01. The highest BCUT2D eigenvalue weighted by Gasteiger charge is 2.32. The number of nitrogens with zero attached hydrogens (tertiary/aromatic N) is 1. The molecular formula is C12H14FNO3. The molecule has 1 aromatic carbocycles. The van der Waals surface area contributed by atoms with Crippen molar-refractivity contribution in [1.82, 2.24) is 0 Å². The Bertz CT molecular complexity index is 436. The second kappa shape index (κ2) is 4.61. The molecule has 1 saturated heterocycles. The number of hydrogen-bond donors (Lipinski definition) is 1. The van der Waals surface area contributed by atoms with Crippen LogP contribution < -0.4 is 9.64 Å². The van der Waals surface area contributed by atoms with E-state index in [0.717, 1.165) is 6.42 Å². The van der Waals surface area contributed by atoms with Gasteiger partial charge in [0.15, 0.2) is 0 Å². The zero-order valence-corrected chi connectivity index (χ0v) is 9.52. The number of rotatable bonds is 3. The first-order chi connectivity index (χ1) is 8.13. The van der Waals surface area contributed by atoms with Gasteiger partial charge in [-0.25, -0.2) is 9.18 Å². The van der Waals surface area contributed by atoms with Crippen LogP contribution in [0.4, 0.5) is 10.1 Å². The topological polar surface area (TPSA) is 49.8 Å². The molecule has 0 spiro atoms. The number of methoxy groups -OCH3 is 1. The van der Waals surface area contributed by atoms with Crippen molar-refractivity contribution < 1.29 is 19.0 Å². The number of anilines is 1. The van der Waals surface area contributed by atoms with Gasteiger partial charge in [-0.3, -0.25) is 0 Å². The first-order valence-corrected chi connectivity index (χ1v) is 5.46. The van der Waals surface area contributed by atoms with Crippen LogP contribution in [0.1, 0.15) is 12.8 Å². The van der Waals surface area contributed by atoms with E-state index >= 15 is 0 Å². The van der Waals surface area contributed by atoms with Gasteiger partial charge in [-0.05, 0) is 25.0 Å². The van der Waals surface area contributed by atoms with Crippen molar-refractivity contribution in [3.63, 3.8) is 0 Å². The normalized spacial score (nSPS) is 19.4. The Labute approximate surface area is 98.6 Å². The van der Waals surface area contributed by atoms with E-state index < -0.39 is 17.8 Å². The van der Waals surface area contributed by atoms with Gasteiger partial charge >= 0.3 is 5.97 Å². The molecule has 1 fully saturated rings. The molecule has 1 aromatic rings. The summed E-state index contributed by atoms with van der Waals surface area (Å²) in [6, 6.07) is 3.84. The van der Waals surface area contributed by atoms with E-state index in [1.54, 1.807) is 17.0 Å². The largest absolute Gasteiger partial charge is 0.497 e. The summed E-state index contributed by atoms with van der Waals surface area (Å²) in [6.45, 7) is 0.570. The number of carboxylic acids is 1. The molecule has 0 aromatic heterocycles. The predicted molar refractivity (Wildman–Crippen MR) is 61.0 cm³/mol. The quantitative estimate of drug-likeness (QED) is 0.875. The number of aliphatic carboxylic acids is 1. The van der Waals surface area contributed by atoms with E-state index in [1.807, 2.05) is 0 Å². The van der Waals surface area contributed by atoms with Crippen LogP contribution in [0.15, 0.2) is 18.2 Å². The number of ether oxygens (including phenoxy) is 1. The first-order valence-electron chi connectivity index (χ1n) is 5.46. The van der Waals surface area contributed by atoms with Crippen LogP contribution in [-0.2, 0) is 4.79 Å². The van der Waals surface area contributed by atoms with Crippen molar-refractivity contribution in [2.75, 3.05) is 18.6 Å². The molecule has 1 aliphatic heterocycles. The zero-order chi connectivity index (χ0) is 12.4. The van der Waals surface area contributed by atoms with Gasteiger partial charge in [0.05, 0.1) is 12.8 Å². The number of hydrogen-bond acceptors (Lipinski definition) is 3. The average molecular weight is 239 g/mol. The van der Waals surface area contributed by atoms with Crippen molar-refractivity contribution >= 4 is 11.7 Å². The fourth-order valence-corrected chi connectivity index (χ4v) is 2.16. The van der Waals surface area contributed by atoms with Gasteiger partial charge in [-0.2, -0.15) is 0 Å². The lowest BCUT2D eigenvalue weighted by Gasteiger charge is -2.24. The highest BCUT2D eigenvalue weighted by molar-refractivity contribution is 5.79. The molecule has 4 nitrogen and oxygen atoms in total. The highest BCUT2D eigenvalue weighted by Crippen LogP contribution is 2.30. The molecular weight excluding hydrogens is 225 g/mol. The Morgan fingerprint density at radius 1 is 1.59 bits per heavy atom. The number of carbonyl (C=O) groups is 1. The molecule has 0 saturated carbocycles. The minimum atomic E-state index is -0.905. The fraction of sp³-hybridized carbons (Fsp3) is 0.417. The summed E-state index contributed by atoms with van der Waals surface area (Å²) < 4.78 is 18.7. The highest BCUT2D eigenvalue weighted by atomic mass is 19.1. The zero-order valence-electron chi connectivity index (χ0n) is 9.52. The maximum Gasteiger partial charge on any atom is 0.326 e. The van der Waals surface area contributed by atoms with Crippen LogP contribution in [-0.4, -0.2) is 30.8 Å². The Morgan fingerprint density at radius 2 is 2.35 bits per heavy atom. The summed E-state index contributed by atoms with van der Waals surface area (Å²) in [7, 11) is 1.46. The van der Waals surface area contributed by atoms with E-state index in [1.165, 1.54) is 13.2 Å². The molecule has 0 radical (unpaired) electrons. The van der Waals surface area contributed by atoms with Gasteiger partial charge < -0.3 is 14.7 Å². The van der Waals surface area contributed by atoms with Gasteiger partial charge in [-0.1, -0.05) is 0 Å². The lowest BCUT2D eigenvalue weighted by molar-refractivity contribution is -0.138. The van der Waals surface area contributed by atoms with Crippen LogP contribution in [0.25, 0.3) is 0 Å². The Hall–Kier alpha value is -1.78. The summed E-state index contributed by atoms with van der Waals surface area (Å²) in [5.74, 6) is -0.924. The minimum absolute atomic E-state index is 0.329. The van der Waals surface area contributed by atoms with Gasteiger partial charge in [-0.15, -0.1) is 0 Å². The SMILES string of the molecule is COc1ccc(N2CCCC2C(=O)O)c(F)c1. The van der Waals surface area contributed by atoms with Crippen molar-refractivity contribution in [1.29, 1.82) is 0 Å². The molecule has 17 heavy (non-hydrogen) atoms. The van der Waals surface area contributed by atoms with Gasteiger partial charge in [0.2, 0.25) is 0 Å². The van der Waals surface area contributed by atoms with Gasteiger partial charge in [0, 0.05) is 12.6 Å². The summed E-state index contributed by atoms with van der Waals surface area (Å²) in [5.41, 5.74) is 0.329. The summed E-state index contributed by atoms with van der Waals surface area (Å²) in [4.78, 5) is 12.6. The van der Waals surface area contributed by atoms with Crippen molar-refractivity contribution in [3.8, 4) is 5.75 Å². The maximum atomic E-state index is 13.8. The molecule has 1 atom stereocenters. The molecule has 1 N–H and O–H groups in total. The molecule has 1 heterocycles. The third-order valence-corrected chi connectivity index (χ3v) is 3.00. The van der Waals surface area contributed by atoms with Gasteiger partial charge in [0.25, 0.3) is 0 Å². The summed E-state index contributed by atoms with van der Waals surface area (Å²) in [5, 5.41) is 9.05. The predicted octanol–water partition coefficient (Wildman–Crippen LogP) is 1.89. The minimum Gasteiger partial charge on any atom is -0.497 e. The Balaban J connectivity index is 2.30. The molecule has 1 unspecified atom stereocenters. The van der Waals surface area contributed by atoms with E-state index in [9.17, 15) is 9.18 Å². The Morgan fingerprint density at radius 3 is 2.94 bits per heavy atom. The monoisotopic (exact) mass is 239 g/mol. The lowest BCUT2D eigenvalue weighted by atomic mass is 10.2. The maximum absolute atomic E-state index is 13.8. The molecule has 2 rings (SSSR count). The molecule has 5 heteroatoms. The fourth-order valence-electron chi connectivity index (χ4n) is 2.16. The van der Waals surface area contributed by atoms with E-state index in [2.05, 4.69) is 0 Å². The van der Waals surface area contributed by atoms with Gasteiger partial charge in [0.1, 0.15) is 17.6 Å². The lowest BCUT2D eigenvalue weighted by Crippen LogP contribution is -2.36. The van der Waals surface area contributed by atoms with E-state index in [0.29, 0.717) is 24.4 Å². The average Bonchev–Trinajstić information content (AvgIpc) is 2.77. The van der Waals surface area contributed by atoms with Crippen LogP contribution in [0.2, 0.25) is 0 Å². The second-order valence-electron chi connectivity index (χ2n) is 4.01. The third-order valence-electron chi connectivity index (χ3n) is 3.00. The molecule has 0 aliphatic carbocycles. The van der Waals surface area contributed by atoms with E-state index in [4.69, 9.17) is 9.84 Å². The number of benzene rings is 1. The van der Waals surface area contributed by atoms with E-state index in [-0.39, 0.29) is 0 Å². The van der Waals surface area contributed by atoms with Crippen LogP contribution in [0.5, 0.6) is 5.75 Å². The third kappa shape index (κ3) is 2.18. The van der Waals surface area contributed by atoms with Crippen LogP contribution in [0, 0.1) is 5.82 Å². The first kappa shape index (κ1) is 11.7. The molecule has 1 aliphatic rings.